The van der Waals surface area contributed by atoms with Gasteiger partial charge in [0, 0.05) is 12.3 Å². The first kappa shape index (κ1) is 15.1. The minimum Gasteiger partial charge on any atom is -0.262 e. The van der Waals surface area contributed by atoms with Crippen molar-refractivity contribution in [2.45, 2.75) is 32.2 Å². The van der Waals surface area contributed by atoms with E-state index in [2.05, 4.69) is 9.82 Å². The van der Waals surface area contributed by atoms with Gasteiger partial charge in [-0.05, 0) is 43.5 Å². The third kappa shape index (κ3) is 3.23. The molecule has 0 aliphatic heterocycles. The zero-order chi connectivity index (χ0) is 15.6. The quantitative estimate of drug-likeness (QED) is 0.937. The lowest BCUT2D eigenvalue weighted by Crippen LogP contribution is -2.15. The average molecular weight is 304 g/mol. The fourth-order valence-corrected chi connectivity index (χ4v) is 3.30. The van der Waals surface area contributed by atoms with Crippen LogP contribution in [-0.2, 0) is 16.6 Å². The minimum atomic E-state index is -3.69. The van der Waals surface area contributed by atoms with Gasteiger partial charge in [-0.2, -0.15) is 10.4 Å². The Bertz CT molecular complexity index is 816. The molecule has 2 rings (SSSR count). The topological polar surface area (TPSA) is 87.8 Å². The molecular formula is C14H16N4O2S. The Kier molecular flexibility index (Phi) is 4.00. The molecule has 21 heavy (non-hydrogen) atoms. The highest BCUT2D eigenvalue weighted by molar-refractivity contribution is 7.92. The van der Waals surface area contributed by atoms with Crippen molar-refractivity contribution in [3.8, 4) is 6.07 Å². The van der Waals surface area contributed by atoms with E-state index in [0.717, 1.165) is 11.1 Å². The van der Waals surface area contributed by atoms with Crippen LogP contribution in [0.2, 0.25) is 0 Å². The van der Waals surface area contributed by atoms with Crippen LogP contribution in [0.3, 0.4) is 0 Å². The number of nitrogens with zero attached hydrogens (tertiary/aromatic N) is 3. The summed E-state index contributed by atoms with van der Waals surface area (Å²) in [6, 6.07) is 6.95. The lowest BCUT2D eigenvalue weighted by atomic mass is 10.1. The maximum absolute atomic E-state index is 12.4. The number of benzene rings is 1. The van der Waals surface area contributed by atoms with Crippen LogP contribution in [0.5, 0.6) is 0 Å². The number of sulfonamides is 1. The van der Waals surface area contributed by atoms with Crippen molar-refractivity contribution in [1.29, 1.82) is 5.26 Å². The van der Waals surface area contributed by atoms with Gasteiger partial charge >= 0.3 is 0 Å². The van der Waals surface area contributed by atoms with Crippen LogP contribution in [0.4, 0.5) is 5.82 Å². The highest BCUT2D eigenvalue weighted by Gasteiger charge is 2.19. The fourth-order valence-electron chi connectivity index (χ4n) is 1.99. The molecule has 0 fully saturated rings. The molecule has 6 nitrogen and oxygen atoms in total. The van der Waals surface area contributed by atoms with Gasteiger partial charge in [0.05, 0.1) is 11.0 Å². The van der Waals surface area contributed by atoms with Crippen molar-refractivity contribution < 1.29 is 8.42 Å². The predicted octanol–water partition coefficient (Wildman–Crippen LogP) is 2.13. The van der Waals surface area contributed by atoms with Crippen LogP contribution >= 0.6 is 0 Å². The van der Waals surface area contributed by atoms with Crippen molar-refractivity contribution in [3.05, 3.63) is 41.1 Å². The molecule has 0 atom stereocenters. The molecule has 1 heterocycles. The van der Waals surface area contributed by atoms with Crippen molar-refractivity contribution in [1.82, 2.24) is 9.78 Å². The maximum Gasteiger partial charge on any atom is 0.263 e. The van der Waals surface area contributed by atoms with E-state index in [4.69, 9.17) is 5.26 Å². The number of hydrogen-bond acceptors (Lipinski definition) is 4. The Morgan fingerprint density at radius 1 is 1.24 bits per heavy atom. The molecule has 1 aromatic heterocycles. The lowest BCUT2D eigenvalue weighted by molar-refractivity contribution is 0.600. The van der Waals surface area contributed by atoms with E-state index >= 15 is 0 Å². The number of aryl methyl sites for hydroxylation is 3. The van der Waals surface area contributed by atoms with E-state index < -0.39 is 10.0 Å². The Hall–Kier alpha value is -2.33. The van der Waals surface area contributed by atoms with E-state index in [0.29, 0.717) is 5.56 Å². The van der Waals surface area contributed by atoms with Gasteiger partial charge < -0.3 is 0 Å². The molecule has 0 spiro atoms. The first-order valence-corrected chi connectivity index (χ1v) is 7.83. The Balaban J connectivity index is 2.34. The second-order valence-electron chi connectivity index (χ2n) is 4.86. The SMILES string of the molecule is Cc1cc(C)c(S(=O)(=O)Nc2ccn(CC#N)n2)cc1C. The lowest BCUT2D eigenvalue weighted by Gasteiger charge is -2.11. The number of nitrogens with one attached hydrogen (secondary N) is 1. The molecule has 0 saturated heterocycles. The number of nitriles is 1. The highest BCUT2D eigenvalue weighted by Crippen LogP contribution is 2.22. The molecule has 2 aromatic rings. The van der Waals surface area contributed by atoms with E-state index in [9.17, 15) is 8.42 Å². The molecule has 0 unspecified atom stereocenters. The highest BCUT2D eigenvalue weighted by atomic mass is 32.2. The smallest absolute Gasteiger partial charge is 0.262 e. The van der Waals surface area contributed by atoms with Crippen molar-refractivity contribution >= 4 is 15.8 Å². The predicted molar refractivity (Wildman–Crippen MR) is 79.3 cm³/mol. The zero-order valence-electron chi connectivity index (χ0n) is 12.1. The summed E-state index contributed by atoms with van der Waals surface area (Å²) in [5.74, 6) is 0.197. The monoisotopic (exact) mass is 304 g/mol. The summed E-state index contributed by atoms with van der Waals surface area (Å²) in [7, 11) is -3.69. The molecule has 0 bridgehead atoms. The second-order valence-corrected chi connectivity index (χ2v) is 6.51. The van der Waals surface area contributed by atoms with Crippen molar-refractivity contribution in [2.24, 2.45) is 0 Å². The summed E-state index contributed by atoms with van der Waals surface area (Å²) in [5.41, 5.74) is 2.64. The summed E-state index contributed by atoms with van der Waals surface area (Å²) in [6.07, 6.45) is 1.55. The van der Waals surface area contributed by atoms with Gasteiger partial charge in [-0.15, -0.1) is 0 Å². The normalized spacial score (nSPS) is 11.1. The van der Waals surface area contributed by atoms with Crippen LogP contribution < -0.4 is 4.72 Å². The van der Waals surface area contributed by atoms with E-state index in [1.165, 1.54) is 10.7 Å². The van der Waals surface area contributed by atoms with Crippen LogP contribution in [-0.4, -0.2) is 18.2 Å². The van der Waals surface area contributed by atoms with Gasteiger partial charge in [0.2, 0.25) is 0 Å². The number of anilines is 1. The van der Waals surface area contributed by atoms with Gasteiger partial charge in [0.25, 0.3) is 10.0 Å². The molecule has 0 aliphatic carbocycles. The Morgan fingerprint density at radius 3 is 2.57 bits per heavy atom. The molecule has 0 amide bonds. The maximum atomic E-state index is 12.4. The number of hydrogen-bond donors (Lipinski definition) is 1. The second kappa shape index (κ2) is 5.58. The summed E-state index contributed by atoms with van der Waals surface area (Å²) in [6.45, 7) is 5.64. The van der Waals surface area contributed by atoms with Crippen molar-refractivity contribution in [3.63, 3.8) is 0 Å². The molecule has 1 aromatic carbocycles. The Morgan fingerprint density at radius 2 is 1.90 bits per heavy atom. The molecule has 7 heteroatoms. The summed E-state index contributed by atoms with van der Waals surface area (Å²) in [4.78, 5) is 0.237. The first-order valence-electron chi connectivity index (χ1n) is 6.34. The minimum absolute atomic E-state index is 0.0738. The van der Waals surface area contributed by atoms with Crippen LogP contribution in [0.15, 0.2) is 29.3 Å². The van der Waals surface area contributed by atoms with Crippen LogP contribution in [0.25, 0.3) is 0 Å². The molecule has 0 aliphatic rings. The third-order valence-corrected chi connectivity index (χ3v) is 4.69. The molecule has 1 N–H and O–H groups in total. The van der Waals surface area contributed by atoms with Crippen LogP contribution in [0, 0.1) is 32.1 Å². The number of rotatable bonds is 4. The van der Waals surface area contributed by atoms with E-state index in [-0.39, 0.29) is 17.3 Å². The summed E-state index contributed by atoms with van der Waals surface area (Å²) >= 11 is 0. The standard InChI is InChI=1S/C14H16N4O2S/c1-10-8-12(3)13(9-11(10)2)21(19,20)17-14-4-6-18(16-14)7-5-15/h4,6,8-9H,7H2,1-3H3,(H,16,17). The third-order valence-electron chi connectivity index (χ3n) is 3.19. The fraction of sp³-hybridized carbons (Fsp3) is 0.286. The molecule has 110 valence electrons. The summed E-state index contributed by atoms with van der Waals surface area (Å²) in [5, 5.41) is 12.6. The first-order chi connectivity index (χ1) is 9.83. The molecule has 0 saturated carbocycles. The average Bonchev–Trinajstić information content (AvgIpc) is 2.80. The van der Waals surface area contributed by atoms with Gasteiger partial charge in [0.1, 0.15) is 6.54 Å². The largest absolute Gasteiger partial charge is 0.263 e. The van der Waals surface area contributed by atoms with Crippen LogP contribution in [0.1, 0.15) is 16.7 Å². The van der Waals surface area contributed by atoms with E-state index in [1.807, 2.05) is 26.0 Å². The number of aromatic nitrogens is 2. The summed E-state index contributed by atoms with van der Waals surface area (Å²) < 4.78 is 28.7. The van der Waals surface area contributed by atoms with Crippen molar-refractivity contribution in [2.75, 3.05) is 4.72 Å². The molecular weight excluding hydrogens is 288 g/mol. The van der Waals surface area contributed by atoms with Gasteiger partial charge in [-0.3, -0.25) is 9.40 Å². The van der Waals surface area contributed by atoms with Gasteiger partial charge in [0.15, 0.2) is 5.82 Å². The Labute approximate surface area is 124 Å². The van der Waals surface area contributed by atoms with Gasteiger partial charge in [-0.25, -0.2) is 8.42 Å². The zero-order valence-corrected chi connectivity index (χ0v) is 12.9. The van der Waals surface area contributed by atoms with Gasteiger partial charge in [-0.1, -0.05) is 6.07 Å². The molecule has 0 radical (unpaired) electrons. The van der Waals surface area contributed by atoms with E-state index in [1.54, 1.807) is 19.2 Å².